The molecule has 3 rings (SSSR count). The number of aromatic nitrogens is 2. The first kappa shape index (κ1) is 12.8. The number of fused-ring (bicyclic) bond motifs is 1. The van der Waals surface area contributed by atoms with Gasteiger partial charge in [0.2, 0.25) is 5.91 Å². The molecule has 0 saturated heterocycles. The molecule has 1 aliphatic rings. The van der Waals surface area contributed by atoms with Gasteiger partial charge >= 0.3 is 0 Å². The van der Waals surface area contributed by atoms with Crippen LogP contribution in [-0.4, -0.2) is 19.6 Å². The number of rotatable bonds is 3. The third-order valence-corrected chi connectivity index (χ3v) is 4.70. The van der Waals surface area contributed by atoms with Gasteiger partial charge in [-0.1, -0.05) is 6.07 Å². The van der Waals surface area contributed by atoms with Gasteiger partial charge in [-0.3, -0.25) is 4.79 Å². The Morgan fingerprint density at radius 1 is 1.53 bits per heavy atom. The number of carbonyl (C=O) groups excluding carboxylic acids is 1. The minimum Gasteiger partial charge on any atom is -0.350 e. The van der Waals surface area contributed by atoms with Crippen LogP contribution in [0.15, 0.2) is 30.6 Å². The third-order valence-electron chi connectivity index (χ3n) is 3.60. The monoisotopic (exact) mass is 297 g/mol. The second-order valence-electron chi connectivity index (χ2n) is 5.09. The predicted octanol–water partition coefficient (Wildman–Crippen LogP) is 2.53. The SMILES string of the molecule is C[C@@]1(C(=O)NCc2cn3ccccc3n2)CC1(Cl)Cl. The van der Waals surface area contributed by atoms with Gasteiger partial charge in [0, 0.05) is 12.4 Å². The maximum Gasteiger partial charge on any atom is 0.229 e. The maximum absolute atomic E-state index is 12.0. The third kappa shape index (κ3) is 2.09. The molecule has 1 atom stereocenters. The number of alkyl halides is 2. The van der Waals surface area contributed by atoms with E-state index >= 15 is 0 Å². The fourth-order valence-electron chi connectivity index (χ4n) is 2.08. The Labute approximate surface area is 120 Å². The van der Waals surface area contributed by atoms with Crippen LogP contribution in [0.25, 0.3) is 5.65 Å². The van der Waals surface area contributed by atoms with E-state index in [2.05, 4.69) is 10.3 Å². The van der Waals surface area contributed by atoms with E-state index in [1.165, 1.54) is 0 Å². The topological polar surface area (TPSA) is 46.4 Å². The highest BCUT2D eigenvalue weighted by atomic mass is 35.5. The lowest BCUT2D eigenvalue weighted by Crippen LogP contribution is -2.32. The molecule has 0 radical (unpaired) electrons. The van der Waals surface area contributed by atoms with Crippen molar-refractivity contribution < 1.29 is 4.79 Å². The predicted molar refractivity (Wildman–Crippen MR) is 74.2 cm³/mol. The van der Waals surface area contributed by atoms with Gasteiger partial charge in [-0.15, -0.1) is 23.2 Å². The van der Waals surface area contributed by atoms with Crippen LogP contribution in [0, 0.1) is 5.41 Å². The summed E-state index contributed by atoms with van der Waals surface area (Å²) in [5.74, 6) is -0.130. The van der Waals surface area contributed by atoms with E-state index in [-0.39, 0.29) is 5.91 Å². The molecular weight excluding hydrogens is 285 g/mol. The molecule has 2 aromatic rings. The molecule has 0 bridgehead atoms. The molecule has 19 heavy (non-hydrogen) atoms. The van der Waals surface area contributed by atoms with Gasteiger partial charge in [0.1, 0.15) is 9.98 Å². The largest absolute Gasteiger partial charge is 0.350 e. The van der Waals surface area contributed by atoms with Crippen molar-refractivity contribution in [3.8, 4) is 0 Å². The first-order chi connectivity index (χ1) is 8.92. The molecular formula is C13H13Cl2N3O. The zero-order chi connectivity index (χ0) is 13.7. The Kier molecular flexibility index (Phi) is 2.76. The lowest BCUT2D eigenvalue weighted by Gasteiger charge is -2.11. The van der Waals surface area contributed by atoms with Crippen LogP contribution in [0.4, 0.5) is 0 Å². The molecule has 1 aliphatic carbocycles. The number of halogens is 2. The molecule has 2 heterocycles. The molecule has 6 heteroatoms. The number of imidazole rings is 1. The summed E-state index contributed by atoms with van der Waals surface area (Å²) < 4.78 is 0.976. The highest BCUT2D eigenvalue weighted by molar-refractivity contribution is 6.53. The average molecular weight is 298 g/mol. The van der Waals surface area contributed by atoms with Gasteiger partial charge in [0.15, 0.2) is 0 Å². The van der Waals surface area contributed by atoms with E-state index < -0.39 is 9.75 Å². The van der Waals surface area contributed by atoms with E-state index in [4.69, 9.17) is 23.2 Å². The van der Waals surface area contributed by atoms with Crippen LogP contribution in [-0.2, 0) is 11.3 Å². The van der Waals surface area contributed by atoms with Crippen molar-refractivity contribution in [3.63, 3.8) is 0 Å². The number of hydrogen-bond acceptors (Lipinski definition) is 2. The molecule has 4 nitrogen and oxygen atoms in total. The van der Waals surface area contributed by atoms with Gasteiger partial charge in [0.25, 0.3) is 0 Å². The molecule has 0 unspecified atom stereocenters. The summed E-state index contributed by atoms with van der Waals surface area (Å²) in [6, 6.07) is 5.76. The summed E-state index contributed by atoms with van der Waals surface area (Å²) in [7, 11) is 0. The van der Waals surface area contributed by atoms with Crippen molar-refractivity contribution in [1.82, 2.24) is 14.7 Å². The first-order valence-corrected chi connectivity index (χ1v) is 6.77. The van der Waals surface area contributed by atoms with E-state index in [1.807, 2.05) is 35.0 Å². The van der Waals surface area contributed by atoms with E-state index in [9.17, 15) is 4.79 Å². The van der Waals surface area contributed by atoms with Crippen LogP contribution >= 0.6 is 23.2 Å². The van der Waals surface area contributed by atoms with Crippen molar-refractivity contribution in [2.24, 2.45) is 5.41 Å². The summed E-state index contributed by atoms with van der Waals surface area (Å²) in [5, 5.41) is 2.83. The highest BCUT2D eigenvalue weighted by Gasteiger charge is 2.67. The molecule has 1 N–H and O–H groups in total. The molecule has 2 aromatic heterocycles. The molecule has 1 fully saturated rings. The standard InChI is InChI=1S/C13H13Cl2N3O/c1-12(8-13(12,14)15)11(19)16-6-9-7-18-5-3-2-4-10(18)17-9/h2-5,7H,6,8H2,1H3,(H,16,19)/t12-/m0/s1. The van der Waals surface area contributed by atoms with Crippen molar-refractivity contribution in [1.29, 1.82) is 0 Å². The fraction of sp³-hybridized carbons (Fsp3) is 0.385. The highest BCUT2D eigenvalue weighted by Crippen LogP contribution is 2.63. The molecule has 1 saturated carbocycles. The number of nitrogens with one attached hydrogen (secondary N) is 1. The van der Waals surface area contributed by atoms with Gasteiger partial charge in [-0.05, 0) is 25.5 Å². The summed E-state index contributed by atoms with van der Waals surface area (Å²) in [6.07, 6.45) is 4.29. The van der Waals surface area contributed by atoms with Crippen LogP contribution in [0.3, 0.4) is 0 Å². The average Bonchev–Trinajstić information content (AvgIpc) is 2.75. The van der Waals surface area contributed by atoms with Crippen LogP contribution < -0.4 is 5.32 Å². The normalized spacial score (nSPS) is 24.4. The van der Waals surface area contributed by atoms with E-state index in [1.54, 1.807) is 6.92 Å². The Hall–Kier alpha value is -1.26. The lowest BCUT2D eigenvalue weighted by molar-refractivity contribution is -0.125. The molecule has 1 amide bonds. The van der Waals surface area contributed by atoms with Crippen molar-refractivity contribution >= 4 is 34.8 Å². The number of pyridine rings is 1. The zero-order valence-electron chi connectivity index (χ0n) is 10.4. The van der Waals surface area contributed by atoms with Crippen LogP contribution in [0.2, 0.25) is 0 Å². The zero-order valence-corrected chi connectivity index (χ0v) is 11.9. The summed E-state index contributed by atoms with van der Waals surface area (Å²) in [4.78, 5) is 16.4. The fourth-order valence-corrected chi connectivity index (χ4v) is 2.79. The molecule has 0 spiro atoms. The molecule has 0 aromatic carbocycles. The summed E-state index contributed by atoms with van der Waals surface area (Å²) >= 11 is 11.9. The minimum absolute atomic E-state index is 0.130. The van der Waals surface area contributed by atoms with Crippen molar-refractivity contribution in [2.45, 2.75) is 24.2 Å². The first-order valence-electron chi connectivity index (χ1n) is 6.01. The maximum atomic E-state index is 12.0. The van der Waals surface area contributed by atoms with Crippen LogP contribution in [0.5, 0.6) is 0 Å². The number of carbonyl (C=O) groups is 1. The second-order valence-corrected chi connectivity index (χ2v) is 6.58. The van der Waals surface area contributed by atoms with Gasteiger partial charge < -0.3 is 9.72 Å². The number of nitrogens with zero attached hydrogens (tertiary/aromatic N) is 2. The minimum atomic E-state index is -0.935. The number of amides is 1. The van der Waals surface area contributed by atoms with Gasteiger partial charge in [-0.25, -0.2) is 4.98 Å². The Bertz CT molecular complexity index is 619. The van der Waals surface area contributed by atoms with Gasteiger partial charge in [0.05, 0.1) is 17.7 Å². The van der Waals surface area contributed by atoms with E-state index in [0.29, 0.717) is 13.0 Å². The Balaban J connectivity index is 1.68. The molecule has 100 valence electrons. The van der Waals surface area contributed by atoms with Crippen molar-refractivity contribution in [3.05, 3.63) is 36.3 Å². The van der Waals surface area contributed by atoms with Crippen molar-refractivity contribution in [2.75, 3.05) is 0 Å². The quantitative estimate of drug-likeness (QED) is 0.885. The van der Waals surface area contributed by atoms with E-state index in [0.717, 1.165) is 11.3 Å². The Morgan fingerprint density at radius 2 is 2.26 bits per heavy atom. The Morgan fingerprint density at radius 3 is 2.89 bits per heavy atom. The number of hydrogen-bond donors (Lipinski definition) is 1. The van der Waals surface area contributed by atoms with Crippen LogP contribution in [0.1, 0.15) is 19.0 Å². The lowest BCUT2D eigenvalue weighted by atomic mass is 10.1. The second kappa shape index (κ2) is 4.12. The molecule has 0 aliphatic heterocycles. The van der Waals surface area contributed by atoms with Gasteiger partial charge in [-0.2, -0.15) is 0 Å². The smallest absolute Gasteiger partial charge is 0.229 e. The summed E-state index contributed by atoms with van der Waals surface area (Å²) in [6.45, 7) is 2.14. The summed E-state index contributed by atoms with van der Waals surface area (Å²) in [5.41, 5.74) is 0.974.